The van der Waals surface area contributed by atoms with Gasteiger partial charge >= 0.3 is 0 Å². The molecule has 1 nitrogen and oxygen atoms in total. The zero-order valence-corrected chi connectivity index (χ0v) is 8.54. The fourth-order valence-corrected chi connectivity index (χ4v) is 1.62. The van der Waals surface area contributed by atoms with Gasteiger partial charge < -0.3 is 5.73 Å². The van der Waals surface area contributed by atoms with E-state index in [-0.39, 0.29) is 0 Å². The van der Waals surface area contributed by atoms with Gasteiger partial charge in [0.2, 0.25) is 0 Å². The summed E-state index contributed by atoms with van der Waals surface area (Å²) in [4.78, 5) is -0.696. The highest BCUT2D eigenvalue weighted by molar-refractivity contribution is 6.25. The minimum absolute atomic E-state index is 0.676. The van der Waals surface area contributed by atoms with Crippen LogP contribution in [0.2, 0.25) is 0 Å². The van der Waals surface area contributed by atoms with Crippen LogP contribution < -0.4 is 5.73 Å². The largest absolute Gasteiger partial charge is 0.309 e. The lowest BCUT2D eigenvalue weighted by atomic mass is 9.97. The average Bonchev–Trinajstić information content (AvgIpc) is 2.19. The zero-order chi connectivity index (χ0) is 10.0. The standard InChI is InChI=1S/C12H12ClN/c13-12(14)8-6-11(7-9-12)10-4-2-1-3-5-10/h1-8H,9,14H2. The molecule has 72 valence electrons. The quantitative estimate of drug-likeness (QED) is 0.554. The third-order valence-corrected chi connectivity index (χ3v) is 2.56. The third kappa shape index (κ3) is 2.06. The minimum Gasteiger partial charge on any atom is -0.309 e. The Morgan fingerprint density at radius 2 is 1.93 bits per heavy atom. The van der Waals surface area contributed by atoms with Crippen LogP contribution in [0.15, 0.2) is 48.6 Å². The highest BCUT2D eigenvalue weighted by Crippen LogP contribution is 2.27. The summed E-state index contributed by atoms with van der Waals surface area (Å²) in [6, 6.07) is 10.2. The molecule has 0 aliphatic heterocycles. The smallest absolute Gasteiger partial charge is 0.113 e. The van der Waals surface area contributed by atoms with Crippen molar-refractivity contribution in [3.05, 3.63) is 54.1 Å². The molecule has 1 atom stereocenters. The molecule has 0 spiro atoms. The van der Waals surface area contributed by atoms with E-state index in [1.165, 1.54) is 11.1 Å². The summed E-state index contributed by atoms with van der Waals surface area (Å²) in [6.45, 7) is 0. The van der Waals surface area contributed by atoms with Crippen molar-refractivity contribution in [1.29, 1.82) is 0 Å². The van der Waals surface area contributed by atoms with E-state index in [0.717, 1.165) is 0 Å². The van der Waals surface area contributed by atoms with Crippen LogP contribution in [0.1, 0.15) is 12.0 Å². The molecule has 0 heterocycles. The van der Waals surface area contributed by atoms with Crippen LogP contribution in [0.25, 0.3) is 5.57 Å². The van der Waals surface area contributed by atoms with Crippen molar-refractivity contribution in [3.63, 3.8) is 0 Å². The lowest BCUT2D eigenvalue weighted by molar-refractivity contribution is 0.745. The van der Waals surface area contributed by atoms with Crippen LogP contribution >= 0.6 is 11.6 Å². The lowest BCUT2D eigenvalue weighted by Gasteiger charge is -2.20. The fraction of sp³-hybridized carbons (Fsp3) is 0.167. The van der Waals surface area contributed by atoms with Crippen molar-refractivity contribution in [2.24, 2.45) is 5.73 Å². The van der Waals surface area contributed by atoms with Crippen molar-refractivity contribution in [1.82, 2.24) is 0 Å². The van der Waals surface area contributed by atoms with Crippen LogP contribution in [0.3, 0.4) is 0 Å². The second kappa shape index (κ2) is 3.60. The molecule has 1 aliphatic rings. The van der Waals surface area contributed by atoms with Gasteiger partial charge in [0.1, 0.15) is 5.00 Å². The summed E-state index contributed by atoms with van der Waals surface area (Å²) >= 11 is 5.97. The predicted octanol–water partition coefficient (Wildman–Crippen LogP) is 2.92. The fourth-order valence-electron chi connectivity index (χ4n) is 1.48. The van der Waals surface area contributed by atoms with Crippen LogP contribution in [0.4, 0.5) is 0 Å². The molecule has 0 amide bonds. The average molecular weight is 206 g/mol. The molecule has 2 N–H and O–H groups in total. The van der Waals surface area contributed by atoms with Crippen molar-refractivity contribution < 1.29 is 0 Å². The number of allylic oxidation sites excluding steroid dienone is 2. The van der Waals surface area contributed by atoms with Gasteiger partial charge in [0.15, 0.2) is 0 Å². The van der Waals surface area contributed by atoms with E-state index in [0.29, 0.717) is 6.42 Å². The number of halogens is 1. The maximum absolute atomic E-state index is 5.97. The van der Waals surface area contributed by atoms with Crippen LogP contribution in [-0.2, 0) is 0 Å². The molecule has 0 bridgehead atoms. The van der Waals surface area contributed by atoms with Gasteiger partial charge in [-0.05, 0) is 17.2 Å². The van der Waals surface area contributed by atoms with E-state index < -0.39 is 5.00 Å². The second-order valence-corrected chi connectivity index (χ2v) is 4.19. The van der Waals surface area contributed by atoms with Gasteiger partial charge in [-0.25, -0.2) is 0 Å². The van der Waals surface area contributed by atoms with E-state index >= 15 is 0 Å². The van der Waals surface area contributed by atoms with Crippen LogP contribution in [0, 0.1) is 0 Å². The van der Waals surface area contributed by atoms with E-state index in [9.17, 15) is 0 Å². The Kier molecular flexibility index (Phi) is 2.44. The summed E-state index contributed by atoms with van der Waals surface area (Å²) in [6.07, 6.45) is 6.57. The molecule has 0 radical (unpaired) electrons. The topological polar surface area (TPSA) is 26.0 Å². The molecule has 14 heavy (non-hydrogen) atoms. The second-order valence-electron chi connectivity index (χ2n) is 3.49. The number of hydrogen-bond acceptors (Lipinski definition) is 1. The van der Waals surface area contributed by atoms with Gasteiger partial charge in [-0.2, -0.15) is 0 Å². The van der Waals surface area contributed by atoms with E-state index in [1.54, 1.807) is 0 Å². The Bertz CT molecular complexity index is 377. The highest BCUT2D eigenvalue weighted by Gasteiger charge is 2.19. The number of alkyl halides is 1. The molecule has 0 saturated heterocycles. The normalized spacial score (nSPS) is 26.0. The molecule has 0 saturated carbocycles. The minimum atomic E-state index is -0.696. The number of hydrogen-bond donors (Lipinski definition) is 1. The van der Waals surface area contributed by atoms with Gasteiger partial charge in [0, 0.05) is 6.42 Å². The first kappa shape index (κ1) is 9.50. The summed E-state index contributed by atoms with van der Waals surface area (Å²) < 4.78 is 0. The van der Waals surface area contributed by atoms with Gasteiger partial charge in [-0.15, -0.1) is 0 Å². The Hall–Kier alpha value is -1.05. The summed E-state index contributed by atoms with van der Waals surface area (Å²) in [7, 11) is 0. The first-order valence-electron chi connectivity index (χ1n) is 4.60. The highest BCUT2D eigenvalue weighted by atomic mass is 35.5. The van der Waals surface area contributed by atoms with E-state index in [4.69, 9.17) is 17.3 Å². The summed E-state index contributed by atoms with van der Waals surface area (Å²) in [5.41, 5.74) is 8.14. The number of benzene rings is 1. The molecule has 0 fully saturated rings. The Balaban J connectivity index is 2.25. The van der Waals surface area contributed by atoms with Gasteiger partial charge in [-0.3, -0.25) is 0 Å². The maximum Gasteiger partial charge on any atom is 0.113 e. The summed E-state index contributed by atoms with van der Waals surface area (Å²) in [5.74, 6) is 0. The first-order chi connectivity index (χ1) is 6.67. The molecule has 1 aromatic rings. The van der Waals surface area contributed by atoms with Crippen molar-refractivity contribution in [2.45, 2.75) is 11.4 Å². The van der Waals surface area contributed by atoms with Crippen molar-refractivity contribution >= 4 is 17.2 Å². The molecule has 2 heteroatoms. The molecular formula is C12H12ClN. The first-order valence-corrected chi connectivity index (χ1v) is 4.98. The van der Waals surface area contributed by atoms with Crippen molar-refractivity contribution in [3.8, 4) is 0 Å². The SMILES string of the molecule is NC1(Cl)C=CC(c2ccccc2)=CC1. The lowest BCUT2D eigenvalue weighted by Crippen LogP contribution is -2.30. The monoisotopic (exact) mass is 205 g/mol. The number of nitrogens with two attached hydrogens (primary N) is 1. The van der Waals surface area contributed by atoms with Crippen LogP contribution in [0.5, 0.6) is 0 Å². The molecule has 2 rings (SSSR count). The zero-order valence-electron chi connectivity index (χ0n) is 7.78. The van der Waals surface area contributed by atoms with Gasteiger partial charge in [0.05, 0.1) is 0 Å². The molecule has 1 aromatic carbocycles. The Labute approximate surface area is 88.9 Å². The summed E-state index contributed by atoms with van der Waals surface area (Å²) in [5, 5.41) is 0. The molecular weight excluding hydrogens is 194 g/mol. The van der Waals surface area contributed by atoms with E-state index in [1.807, 2.05) is 30.4 Å². The van der Waals surface area contributed by atoms with Gasteiger partial charge in [-0.1, -0.05) is 54.1 Å². The molecule has 1 unspecified atom stereocenters. The molecule has 1 aliphatic carbocycles. The Morgan fingerprint density at radius 1 is 1.21 bits per heavy atom. The van der Waals surface area contributed by atoms with Crippen molar-refractivity contribution in [2.75, 3.05) is 0 Å². The predicted molar refractivity (Wildman–Crippen MR) is 60.9 cm³/mol. The molecule has 0 aromatic heterocycles. The Morgan fingerprint density at radius 3 is 2.50 bits per heavy atom. The maximum atomic E-state index is 5.97. The van der Waals surface area contributed by atoms with E-state index in [2.05, 4.69) is 18.2 Å². The van der Waals surface area contributed by atoms with Crippen LogP contribution in [-0.4, -0.2) is 5.00 Å². The van der Waals surface area contributed by atoms with Gasteiger partial charge in [0.25, 0.3) is 0 Å². The third-order valence-electron chi connectivity index (χ3n) is 2.28. The number of rotatable bonds is 1.